The minimum Gasteiger partial charge on any atom is -0.491 e. The number of rotatable bonds is 9. The van der Waals surface area contributed by atoms with Gasteiger partial charge in [-0.15, -0.1) is 0 Å². The molecule has 10 heteroatoms. The van der Waals surface area contributed by atoms with E-state index >= 15 is 0 Å². The molecule has 0 radical (unpaired) electrons. The molecular formula is C31H39N5O4S. The first-order valence-electron chi connectivity index (χ1n) is 14.5. The molecule has 1 fully saturated rings. The number of carbonyl (C=O) groups excluding carboxylic acids is 1. The van der Waals surface area contributed by atoms with Crippen molar-refractivity contribution in [2.75, 3.05) is 59.5 Å². The molecule has 0 spiro atoms. The highest BCUT2D eigenvalue weighted by Gasteiger charge is 2.42. The number of carbonyl (C=O) groups is 1. The Hall–Kier alpha value is -3.05. The highest BCUT2D eigenvalue weighted by molar-refractivity contribution is 7.89. The van der Waals surface area contributed by atoms with Gasteiger partial charge in [0, 0.05) is 66.5 Å². The number of fused-ring (bicyclic) bond motifs is 4. The smallest absolute Gasteiger partial charge is 0.246 e. The Morgan fingerprint density at radius 1 is 1.10 bits per heavy atom. The lowest BCUT2D eigenvalue weighted by molar-refractivity contribution is 0.103. The van der Waals surface area contributed by atoms with E-state index < -0.39 is 15.4 Å². The first-order valence-corrected chi connectivity index (χ1v) is 16.0. The summed E-state index contributed by atoms with van der Waals surface area (Å²) in [6.07, 6.45) is 1.90. The topological polar surface area (TPSA) is 98.3 Å². The standard InChI is InChI=1S/C31H39N5O4S/c1-6-35(7-2)14-15-40-26-18-23-22(17-27(26)41(38,39)36-12-10-34(5)11-13-36)29(37)28-21-9-8-20(25-19-32-25)16-24(21)33-30(28)31(23,3)4/h8-9,16-19,25,33H,6-7,10-15H2,1-5H3. The molecule has 3 aliphatic rings. The number of hydrogen-bond acceptors (Lipinski definition) is 7. The van der Waals surface area contributed by atoms with Gasteiger partial charge in [0.2, 0.25) is 10.0 Å². The first-order chi connectivity index (χ1) is 19.6. The van der Waals surface area contributed by atoms with Gasteiger partial charge in [-0.05, 0) is 49.5 Å². The maximum Gasteiger partial charge on any atom is 0.246 e. The Labute approximate surface area is 242 Å². The van der Waals surface area contributed by atoms with Gasteiger partial charge in [0.25, 0.3) is 0 Å². The van der Waals surface area contributed by atoms with E-state index in [2.05, 4.69) is 53.5 Å². The minimum absolute atomic E-state index is 0.0703. The van der Waals surface area contributed by atoms with Crippen LogP contribution >= 0.6 is 0 Å². The van der Waals surface area contributed by atoms with Gasteiger partial charge in [-0.25, -0.2) is 8.42 Å². The molecule has 1 atom stereocenters. The number of hydrogen-bond donors (Lipinski definition) is 1. The number of likely N-dealkylation sites (N-methyl/N-ethyl adjacent to an activating group) is 2. The second-order valence-electron chi connectivity index (χ2n) is 11.8. The van der Waals surface area contributed by atoms with Crippen molar-refractivity contribution in [1.82, 2.24) is 19.1 Å². The van der Waals surface area contributed by atoms with E-state index in [-0.39, 0.29) is 16.7 Å². The lowest BCUT2D eigenvalue weighted by atomic mass is 9.71. The third-order valence-electron chi connectivity index (χ3n) is 8.96. The molecule has 3 aromatic rings. The van der Waals surface area contributed by atoms with Crippen LogP contribution in [0.5, 0.6) is 5.75 Å². The van der Waals surface area contributed by atoms with E-state index in [0.717, 1.165) is 40.8 Å². The Kier molecular flexibility index (Phi) is 7.09. The van der Waals surface area contributed by atoms with Crippen LogP contribution < -0.4 is 4.74 Å². The summed E-state index contributed by atoms with van der Waals surface area (Å²) in [6, 6.07) is 9.54. The third kappa shape index (κ3) is 4.80. The summed E-state index contributed by atoms with van der Waals surface area (Å²) in [4.78, 5) is 26.4. The lowest BCUT2D eigenvalue weighted by Crippen LogP contribution is -2.47. The summed E-state index contributed by atoms with van der Waals surface area (Å²) in [6.45, 7) is 13.2. The average Bonchev–Trinajstić information content (AvgIpc) is 3.73. The van der Waals surface area contributed by atoms with Crippen molar-refractivity contribution in [3.63, 3.8) is 0 Å². The van der Waals surface area contributed by atoms with Crippen LogP contribution in [0.1, 0.15) is 66.5 Å². The Bertz CT molecular complexity index is 1640. The third-order valence-corrected chi connectivity index (χ3v) is 10.9. The van der Waals surface area contributed by atoms with E-state index in [9.17, 15) is 13.2 Å². The number of benzene rings is 2. The number of aromatic amines is 1. The second kappa shape index (κ2) is 10.3. The van der Waals surface area contributed by atoms with Crippen molar-refractivity contribution >= 4 is 32.9 Å². The molecule has 9 nitrogen and oxygen atoms in total. The fraction of sp³-hybridized carbons (Fsp3) is 0.484. The van der Waals surface area contributed by atoms with Crippen LogP contribution in [0.3, 0.4) is 0 Å². The molecule has 1 N–H and O–H groups in total. The molecule has 1 saturated heterocycles. The predicted octanol–water partition coefficient (Wildman–Crippen LogP) is 3.82. The molecule has 1 aliphatic carbocycles. The Morgan fingerprint density at radius 2 is 1.80 bits per heavy atom. The normalized spacial score (nSPS) is 20.4. The number of aliphatic imine (C=N–C) groups is 1. The van der Waals surface area contributed by atoms with Gasteiger partial charge in [0.15, 0.2) is 5.78 Å². The highest BCUT2D eigenvalue weighted by atomic mass is 32.2. The summed E-state index contributed by atoms with van der Waals surface area (Å²) < 4.78 is 35.9. The van der Waals surface area contributed by atoms with Crippen LogP contribution in [-0.2, 0) is 15.4 Å². The Morgan fingerprint density at radius 3 is 2.46 bits per heavy atom. The zero-order valence-corrected chi connectivity index (χ0v) is 25.3. The molecule has 1 unspecified atom stereocenters. The molecule has 1 aromatic heterocycles. The van der Waals surface area contributed by atoms with Crippen LogP contribution in [0.4, 0.5) is 0 Å². The maximum atomic E-state index is 14.2. The summed E-state index contributed by atoms with van der Waals surface area (Å²) >= 11 is 0. The largest absolute Gasteiger partial charge is 0.491 e. The second-order valence-corrected chi connectivity index (χ2v) is 13.7. The van der Waals surface area contributed by atoms with Gasteiger partial charge in [0.05, 0.1) is 5.56 Å². The molecule has 2 aliphatic heterocycles. The predicted molar refractivity (Wildman–Crippen MR) is 161 cm³/mol. The van der Waals surface area contributed by atoms with Crippen LogP contribution in [0.15, 0.2) is 40.2 Å². The number of piperazine rings is 1. The molecule has 3 heterocycles. The first kappa shape index (κ1) is 28.1. The maximum absolute atomic E-state index is 14.2. The van der Waals surface area contributed by atoms with Gasteiger partial charge < -0.3 is 19.5 Å². The highest BCUT2D eigenvalue weighted by Crippen LogP contribution is 2.47. The SMILES string of the molecule is CCN(CC)CCOc1cc2c(cc1S(=O)(=O)N1CCN(C)CC1)C(=O)c1c([nH]c3cc(C4C=N4)ccc13)C2(C)C. The van der Waals surface area contributed by atoms with Crippen molar-refractivity contribution < 1.29 is 17.9 Å². The number of nitrogens with one attached hydrogen (secondary N) is 1. The van der Waals surface area contributed by atoms with E-state index in [0.29, 0.717) is 56.2 Å². The van der Waals surface area contributed by atoms with Gasteiger partial charge in [-0.3, -0.25) is 9.79 Å². The molecule has 0 saturated carbocycles. The van der Waals surface area contributed by atoms with Crippen LogP contribution in [0, 0.1) is 0 Å². The van der Waals surface area contributed by atoms with E-state index in [1.54, 1.807) is 12.1 Å². The monoisotopic (exact) mass is 577 g/mol. The Balaban J connectivity index is 1.46. The summed E-state index contributed by atoms with van der Waals surface area (Å²) in [5.41, 5.74) is 4.02. The van der Waals surface area contributed by atoms with Crippen LogP contribution in [0.25, 0.3) is 10.9 Å². The summed E-state index contributed by atoms with van der Waals surface area (Å²) in [5.74, 6) is 0.143. The zero-order chi connectivity index (χ0) is 29.1. The lowest BCUT2D eigenvalue weighted by Gasteiger charge is -2.35. The van der Waals surface area contributed by atoms with Gasteiger partial charge in [0.1, 0.15) is 23.3 Å². The number of ketones is 1. The van der Waals surface area contributed by atoms with Crippen molar-refractivity contribution in [2.24, 2.45) is 4.99 Å². The van der Waals surface area contributed by atoms with Crippen molar-refractivity contribution in [1.29, 1.82) is 0 Å². The molecule has 0 amide bonds. The van der Waals surface area contributed by atoms with Gasteiger partial charge in [-0.1, -0.05) is 39.8 Å². The fourth-order valence-corrected chi connectivity index (χ4v) is 7.72. The van der Waals surface area contributed by atoms with Crippen molar-refractivity contribution in [3.05, 3.63) is 58.3 Å². The zero-order valence-electron chi connectivity index (χ0n) is 24.5. The molecule has 6 rings (SSSR count). The van der Waals surface area contributed by atoms with E-state index in [1.165, 1.54) is 4.31 Å². The average molecular weight is 578 g/mol. The number of ether oxygens (including phenoxy) is 1. The van der Waals surface area contributed by atoms with Gasteiger partial charge >= 0.3 is 0 Å². The number of nitrogens with zero attached hydrogens (tertiary/aromatic N) is 4. The molecular weight excluding hydrogens is 538 g/mol. The van der Waals surface area contributed by atoms with E-state index in [1.807, 2.05) is 25.4 Å². The molecule has 41 heavy (non-hydrogen) atoms. The summed E-state index contributed by atoms with van der Waals surface area (Å²) in [5, 5.41) is 0.844. The molecule has 2 aromatic carbocycles. The number of sulfonamides is 1. The van der Waals surface area contributed by atoms with Crippen LogP contribution in [0.2, 0.25) is 0 Å². The number of H-pyrrole nitrogens is 1. The number of aromatic nitrogens is 1. The van der Waals surface area contributed by atoms with E-state index in [4.69, 9.17) is 4.74 Å². The quantitative estimate of drug-likeness (QED) is 0.415. The van der Waals surface area contributed by atoms with Crippen molar-refractivity contribution in [2.45, 2.75) is 44.0 Å². The fourth-order valence-electron chi connectivity index (χ4n) is 6.16. The van der Waals surface area contributed by atoms with Gasteiger partial charge in [-0.2, -0.15) is 4.31 Å². The minimum atomic E-state index is -3.89. The van der Waals surface area contributed by atoms with Crippen molar-refractivity contribution in [3.8, 4) is 5.75 Å². The molecule has 218 valence electrons. The molecule has 0 bridgehead atoms. The van der Waals surface area contributed by atoms with Crippen LogP contribution in [-0.4, -0.2) is 99.0 Å². The summed E-state index contributed by atoms with van der Waals surface area (Å²) in [7, 11) is -1.90.